The average molecular weight is 346 g/mol. The van der Waals surface area contributed by atoms with Gasteiger partial charge in [-0.2, -0.15) is 13.2 Å². The van der Waals surface area contributed by atoms with Gasteiger partial charge in [0, 0.05) is 19.3 Å². The van der Waals surface area contributed by atoms with Crippen LogP contribution in [0, 0.1) is 0 Å². The summed E-state index contributed by atoms with van der Waals surface area (Å²) in [5.74, 6) is 0. The number of aliphatic hydroxyl groups is 1. The first-order chi connectivity index (χ1) is 10.9. The van der Waals surface area contributed by atoms with Crippen molar-refractivity contribution in [3.63, 3.8) is 0 Å². The van der Waals surface area contributed by atoms with Gasteiger partial charge in [-0.15, -0.1) is 0 Å². The Balaban J connectivity index is 2.09. The maximum Gasteiger partial charge on any atom is 0.433 e. The van der Waals surface area contributed by atoms with Crippen molar-refractivity contribution in [2.45, 2.75) is 51.0 Å². The van der Waals surface area contributed by atoms with Gasteiger partial charge in [-0.3, -0.25) is 4.98 Å². The molecule has 24 heavy (non-hydrogen) atoms. The van der Waals surface area contributed by atoms with Crippen molar-refractivity contribution < 1.29 is 27.8 Å². The molecule has 0 bridgehead atoms. The van der Waals surface area contributed by atoms with Gasteiger partial charge >= 0.3 is 12.3 Å². The van der Waals surface area contributed by atoms with E-state index in [0.717, 1.165) is 12.3 Å². The molecule has 1 saturated heterocycles. The van der Waals surface area contributed by atoms with E-state index in [0.29, 0.717) is 0 Å². The monoisotopic (exact) mass is 346 g/mol. The second kappa shape index (κ2) is 6.23. The lowest BCUT2D eigenvalue weighted by Gasteiger charge is -2.39. The van der Waals surface area contributed by atoms with Gasteiger partial charge in [-0.1, -0.05) is 0 Å². The zero-order chi connectivity index (χ0) is 18.2. The van der Waals surface area contributed by atoms with E-state index in [4.69, 9.17) is 4.74 Å². The summed E-state index contributed by atoms with van der Waals surface area (Å²) in [6.07, 6.45) is -3.75. The third-order valence-electron chi connectivity index (χ3n) is 3.83. The quantitative estimate of drug-likeness (QED) is 0.847. The van der Waals surface area contributed by atoms with Crippen molar-refractivity contribution >= 4 is 6.09 Å². The molecular formula is C16H21F3N2O3. The van der Waals surface area contributed by atoms with Gasteiger partial charge in [0.2, 0.25) is 0 Å². The van der Waals surface area contributed by atoms with Crippen LogP contribution >= 0.6 is 0 Å². The zero-order valence-electron chi connectivity index (χ0n) is 13.9. The highest BCUT2D eigenvalue weighted by atomic mass is 19.4. The van der Waals surface area contributed by atoms with Crippen LogP contribution in [0.4, 0.5) is 18.0 Å². The molecule has 1 aromatic heterocycles. The van der Waals surface area contributed by atoms with Gasteiger partial charge < -0.3 is 14.7 Å². The molecular weight excluding hydrogens is 325 g/mol. The zero-order valence-corrected chi connectivity index (χ0v) is 13.9. The molecule has 5 nitrogen and oxygen atoms in total. The third kappa shape index (κ3) is 4.37. The lowest BCUT2D eigenvalue weighted by molar-refractivity contribution is -0.141. The number of nitrogens with zero attached hydrogens (tertiary/aromatic N) is 2. The molecule has 1 aliphatic rings. The molecule has 0 saturated carbocycles. The molecule has 0 atom stereocenters. The van der Waals surface area contributed by atoms with Crippen LogP contribution in [0.2, 0.25) is 0 Å². The van der Waals surface area contributed by atoms with E-state index in [-0.39, 0.29) is 31.5 Å². The Morgan fingerprint density at radius 2 is 1.88 bits per heavy atom. The normalized spacial score (nSPS) is 18.4. The smallest absolute Gasteiger partial charge is 0.433 e. The van der Waals surface area contributed by atoms with E-state index >= 15 is 0 Å². The van der Waals surface area contributed by atoms with E-state index in [1.54, 1.807) is 20.8 Å². The summed E-state index contributed by atoms with van der Waals surface area (Å²) in [4.78, 5) is 16.8. The van der Waals surface area contributed by atoms with Crippen LogP contribution in [0.3, 0.4) is 0 Å². The van der Waals surface area contributed by atoms with Gasteiger partial charge in [-0.25, -0.2) is 4.79 Å². The first-order valence-corrected chi connectivity index (χ1v) is 7.65. The average Bonchev–Trinajstić information content (AvgIpc) is 2.45. The number of carbonyl (C=O) groups is 1. The predicted molar refractivity (Wildman–Crippen MR) is 80.2 cm³/mol. The first-order valence-electron chi connectivity index (χ1n) is 7.65. The van der Waals surface area contributed by atoms with Crippen molar-refractivity contribution in [2.75, 3.05) is 13.1 Å². The number of aromatic nitrogens is 1. The maximum absolute atomic E-state index is 12.8. The van der Waals surface area contributed by atoms with E-state index in [1.807, 2.05) is 0 Å². The lowest BCUT2D eigenvalue weighted by atomic mass is 9.84. The molecule has 1 aromatic rings. The van der Waals surface area contributed by atoms with Gasteiger partial charge in [0.15, 0.2) is 0 Å². The van der Waals surface area contributed by atoms with Gasteiger partial charge in [0.1, 0.15) is 11.3 Å². The number of alkyl halides is 3. The predicted octanol–water partition coefficient (Wildman–Crippen LogP) is 3.32. The largest absolute Gasteiger partial charge is 0.444 e. The number of amides is 1. The number of likely N-dealkylation sites (tertiary alicyclic amines) is 1. The Hall–Kier alpha value is -1.83. The van der Waals surface area contributed by atoms with Crippen LogP contribution in [0.1, 0.15) is 44.9 Å². The SMILES string of the molecule is CC(C)(C)OC(=O)N1CCC(O)(c2ccnc(C(F)(F)F)c2)CC1. The second-order valence-electron chi connectivity index (χ2n) is 6.93. The molecule has 1 aliphatic heterocycles. The fraction of sp³-hybridized carbons (Fsp3) is 0.625. The topological polar surface area (TPSA) is 62.7 Å². The highest BCUT2D eigenvalue weighted by molar-refractivity contribution is 5.68. The van der Waals surface area contributed by atoms with Gasteiger partial charge in [0.25, 0.3) is 0 Å². The molecule has 0 unspecified atom stereocenters. The number of carbonyl (C=O) groups excluding carboxylic acids is 1. The van der Waals surface area contributed by atoms with Crippen LogP contribution in [0.5, 0.6) is 0 Å². The maximum atomic E-state index is 12.8. The summed E-state index contributed by atoms with van der Waals surface area (Å²) in [5, 5.41) is 10.7. The molecule has 0 radical (unpaired) electrons. The third-order valence-corrected chi connectivity index (χ3v) is 3.83. The molecule has 134 valence electrons. The van der Waals surface area contributed by atoms with Crippen molar-refractivity contribution in [1.29, 1.82) is 0 Å². The number of halogens is 3. The lowest BCUT2D eigenvalue weighted by Crippen LogP contribution is -2.46. The van der Waals surface area contributed by atoms with Crippen LogP contribution in [0.15, 0.2) is 18.3 Å². The number of hydrogen-bond acceptors (Lipinski definition) is 4. The molecule has 1 fully saturated rings. The molecule has 0 spiro atoms. The summed E-state index contributed by atoms with van der Waals surface area (Å²) in [5.41, 5.74) is -2.92. The van der Waals surface area contributed by atoms with E-state index in [2.05, 4.69) is 4.98 Å². The summed E-state index contributed by atoms with van der Waals surface area (Å²) in [6, 6.07) is 2.24. The number of ether oxygens (including phenoxy) is 1. The van der Waals surface area contributed by atoms with Crippen molar-refractivity contribution in [3.05, 3.63) is 29.6 Å². The minimum Gasteiger partial charge on any atom is -0.444 e. The van der Waals surface area contributed by atoms with Crippen LogP contribution in [0.25, 0.3) is 0 Å². The Bertz CT molecular complexity index is 603. The Morgan fingerprint density at radius 3 is 2.38 bits per heavy atom. The molecule has 2 heterocycles. The van der Waals surface area contributed by atoms with Crippen molar-refractivity contribution in [2.24, 2.45) is 0 Å². The number of pyridine rings is 1. The van der Waals surface area contributed by atoms with E-state index in [1.165, 1.54) is 11.0 Å². The minimum absolute atomic E-state index is 0.132. The Kier molecular flexibility index (Phi) is 4.81. The molecule has 0 aromatic carbocycles. The standard InChI is InChI=1S/C16H21F3N2O3/c1-14(2,3)24-13(22)21-8-5-15(23,6-9-21)11-4-7-20-12(10-11)16(17,18)19/h4,7,10,23H,5-6,8-9H2,1-3H3. The number of piperidine rings is 1. The molecule has 1 amide bonds. The van der Waals surface area contributed by atoms with Crippen LogP contribution in [-0.2, 0) is 16.5 Å². The second-order valence-corrected chi connectivity index (χ2v) is 6.93. The first kappa shape index (κ1) is 18.5. The van der Waals surface area contributed by atoms with Crippen molar-refractivity contribution in [3.8, 4) is 0 Å². The van der Waals surface area contributed by atoms with Crippen LogP contribution in [-0.4, -0.2) is 39.8 Å². The molecule has 8 heteroatoms. The fourth-order valence-corrected chi connectivity index (χ4v) is 2.55. The minimum atomic E-state index is -4.57. The summed E-state index contributed by atoms with van der Waals surface area (Å²) in [6.45, 7) is 5.66. The van der Waals surface area contributed by atoms with E-state index < -0.39 is 29.2 Å². The molecule has 2 rings (SSSR count). The molecule has 1 N–H and O–H groups in total. The number of rotatable bonds is 1. The molecule has 0 aliphatic carbocycles. The highest BCUT2D eigenvalue weighted by Gasteiger charge is 2.39. The highest BCUT2D eigenvalue weighted by Crippen LogP contribution is 2.36. The van der Waals surface area contributed by atoms with E-state index in [9.17, 15) is 23.1 Å². The Morgan fingerprint density at radius 1 is 1.29 bits per heavy atom. The fourth-order valence-electron chi connectivity index (χ4n) is 2.55. The summed E-state index contributed by atoms with van der Waals surface area (Å²) in [7, 11) is 0. The van der Waals surface area contributed by atoms with Crippen molar-refractivity contribution in [1.82, 2.24) is 9.88 Å². The Labute approximate surface area is 138 Å². The van der Waals surface area contributed by atoms with Crippen LogP contribution < -0.4 is 0 Å². The van der Waals surface area contributed by atoms with Gasteiger partial charge in [-0.05, 0) is 51.3 Å². The number of hydrogen-bond donors (Lipinski definition) is 1. The summed E-state index contributed by atoms with van der Waals surface area (Å²) >= 11 is 0. The van der Waals surface area contributed by atoms with Gasteiger partial charge in [0.05, 0.1) is 5.60 Å². The summed E-state index contributed by atoms with van der Waals surface area (Å²) < 4.78 is 43.6.